The highest BCUT2D eigenvalue weighted by atomic mass is 16.5. The molecule has 2 N–H and O–H groups in total. The van der Waals surface area contributed by atoms with Crippen molar-refractivity contribution >= 4 is 11.4 Å². The van der Waals surface area contributed by atoms with E-state index in [4.69, 9.17) is 13.0 Å². The molecule has 2 aliphatic rings. The number of carbonyl (C=O) groups is 1. The molecule has 1 aromatic carbocycles. The van der Waals surface area contributed by atoms with Crippen LogP contribution in [-0.2, 0) is 9.53 Å². The van der Waals surface area contributed by atoms with Gasteiger partial charge < -0.3 is 14.9 Å². The van der Waals surface area contributed by atoms with E-state index in [1.165, 1.54) is 0 Å². The fourth-order valence-corrected chi connectivity index (χ4v) is 2.25. The summed E-state index contributed by atoms with van der Waals surface area (Å²) in [5.41, 5.74) is -0.473. The summed E-state index contributed by atoms with van der Waals surface area (Å²) in [5, 5.41) is 19.4. The van der Waals surface area contributed by atoms with Crippen molar-refractivity contribution in [2.45, 2.75) is 31.4 Å². The average Bonchev–Trinajstić information content (AvgIpc) is 2.59. The standard InChI is InChI=1S/C15H16O4/c16-10-3-1-9(2-4-10)13-8-19-14-7-11(17)5-6-12(14)15(13)18/h1-4,8,11-12,14,16-17H,5-7H2/i1D,2D,3D,4D,5D,7D. The second kappa shape index (κ2) is 4.70. The fraction of sp³-hybridized carbons (Fsp3) is 0.400. The molecular formula is C15H16O4. The van der Waals surface area contributed by atoms with Crippen LogP contribution in [-0.4, -0.2) is 28.2 Å². The van der Waals surface area contributed by atoms with Gasteiger partial charge in [0.2, 0.25) is 0 Å². The number of ether oxygens (including phenoxy) is 1. The van der Waals surface area contributed by atoms with Crippen LogP contribution < -0.4 is 0 Å². The van der Waals surface area contributed by atoms with Crippen LogP contribution in [0, 0.1) is 5.92 Å². The van der Waals surface area contributed by atoms with Gasteiger partial charge in [-0.3, -0.25) is 4.79 Å². The van der Waals surface area contributed by atoms with E-state index in [1.54, 1.807) is 0 Å². The minimum Gasteiger partial charge on any atom is -0.508 e. The summed E-state index contributed by atoms with van der Waals surface area (Å²) >= 11 is 0. The smallest absolute Gasteiger partial charge is 0.173 e. The third kappa shape index (κ3) is 2.24. The Morgan fingerprint density at radius 3 is 2.84 bits per heavy atom. The summed E-state index contributed by atoms with van der Waals surface area (Å²) in [4.78, 5) is 12.8. The maximum absolute atomic E-state index is 12.8. The minimum atomic E-state index is -1.24. The van der Waals surface area contributed by atoms with Crippen LogP contribution in [0.5, 0.6) is 5.75 Å². The van der Waals surface area contributed by atoms with Crippen molar-refractivity contribution in [2.24, 2.45) is 5.92 Å². The van der Waals surface area contributed by atoms with Gasteiger partial charge in [0.15, 0.2) is 5.78 Å². The molecule has 5 atom stereocenters. The maximum Gasteiger partial charge on any atom is 0.173 e. The number of hydrogen-bond donors (Lipinski definition) is 2. The number of ketones is 1. The average molecular weight is 266 g/mol. The third-order valence-electron chi connectivity index (χ3n) is 3.24. The van der Waals surface area contributed by atoms with Gasteiger partial charge >= 0.3 is 0 Å². The minimum absolute atomic E-state index is 0.0302. The SMILES string of the molecule is [2H]c1c([2H])c(C2=COC3C(CC([2H])C(O)C3[2H])C2=O)c([2H])c([2H])c1O. The number of benzene rings is 1. The predicted molar refractivity (Wildman–Crippen MR) is 69.3 cm³/mol. The van der Waals surface area contributed by atoms with Crippen LogP contribution >= 0.6 is 0 Å². The lowest BCUT2D eigenvalue weighted by Gasteiger charge is -2.36. The summed E-state index contributed by atoms with van der Waals surface area (Å²) in [5.74, 6) is -2.24. The molecule has 3 rings (SSSR count). The predicted octanol–water partition coefficient (Wildman–Crippen LogP) is 1.86. The number of aromatic hydroxyl groups is 1. The summed E-state index contributed by atoms with van der Waals surface area (Å²) < 4.78 is 52.3. The number of aliphatic hydroxyl groups excluding tert-OH is 1. The zero-order valence-electron chi connectivity index (χ0n) is 15.9. The van der Waals surface area contributed by atoms with E-state index in [-0.39, 0.29) is 17.6 Å². The first kappa shape index (κ1) is 7.10. The van der Waals surface area contributed by atoms with Crippen LogP contribution in [0.3, 0.4) is 0 Å². The van der Waals surface area contributed by atoms with E-state index < -0.39 is 66.6 Å². The fourth-order valence-electron chi connectivity index (χ4n) is 2.25. The van der Waals surface area contributed by atoms with E-state index in [0.717, 1.165) is 6.26 Å². The molecule has 4 heteroatoms. The highest BCUT2D eigenvalue weighted by molar-refractivity contribution is 6.22. The summed E-state index contributed by atoms with van der Waals surface area (Å²) in [7, 11) is 0. The Kier molecular flexibility index (Phi) is 1.76. The number of allylic oxidation sites excluding steroid dienone is 1. The van der Waals surface area contributed by atoms with Gasteiger partial charge in [0, 0.05) is 9.14 Å². The molecule has 100 valence electrons. The number of fused-ring (bicyclic) bond motifs is 1. The van der Waals surface area contributed by atoms with Crippen molar-refractivity contribution < 1.29 is 28.0 Å². The molecule has 0 aromatic heterocycles. The third-order valence-corrected chi connectivity index (χ3v) is 3.24. The molecule has 1 aromatic rings. The first-order valence-electron chi connectivity index (χ1n) is 9.04. The van der Waals surface area contributed by atoms with Gasteiger partial charge in [0.1, 0.15) is 11.9 Å². The first-order chi connectivity index (χ1) is 11.7. The molecule has 1 aliphatic heterocycles. The van der Waals surface area contributed by atoms with Gasteiger partial charge in [-0.2, -0.15) is 0 Å². The number of rotatable bonds is 1. The lowest BCUT2D eigenvalue weighted by molar-refractivity contribution is -0.126. The van der Waals surface area contributed by atoms with E-state index in [9.17, 15) is 15.0 Å². The van der Waals surface area contributed by atoms with Gasteiger partial charge in [0.05, 0.1) is 29.3 Å². The summed E-state index contributed by atoms with van der Waals surface area (Å²) in [6.45, 7) is 0. The Balaban J connectivity index is 2.09. The molecule has 1 saturated carbocycles. The molecule has 0 saturated heterocycles. The number of phenolic OH excluding ortho intramolecular Hbond substituents is 1. The van der Waals surface area contributed by atoms with Crippen molar-refractivity contribution in [3.63, 3.8) is 0 Å². The second-order valence-electron chi connectivity index (χ2n) is 4.48. The van der Waals surface area contributed by atoms with Crippen LogP contribution in [0.2, 0.25) is 0 Å². The Hall–Kier alpha value is -1.81. The molecule has 4 nitrogen and oxygen atoms in total. The second-order valence-corrected chi connectivity index (χ2v) is 4.48. The molecule has 1 fully saturated rings. The Morgan fingerprint density at radius 1 is 1.37 bits per heavy atom. The van der Waals surface area contributed by atoms with E-state index in [0.29, 0.717) is 0 Å². The number of carbonyl (C=O) groups excluding carboxylic acids is 1. The van der Waals surface area contributed by atoms with Crippen LogP contribution in [0.4, 0.5) is 0 Å². The lowest BCUT2D eigenvalue weighted by atomic mass is 9.78. The zero-order chi connectivity index (χ0) is 18.6. The molecule has 19 heavy (non-hydrogen) atoms. The van der Waals surface area contributed by atoms with Crippen LogP contribution in [0.15, 0.2) is 30.4 Å². The van der Waals surface area contributed by atoms with Crippen molar-refractivity contribution in [2.75, 3.05) is 0 Å². The molecule has 0 bridgehead atoms. The van der Waals surface area contributed by atoms with E-state index in [2.05, 4.69) is 0 Å². The molecular weight excluding hydrogens is 244 g/mol. The maximum atomic E-state index is 12.8. The summed E-state index contributed by atoms with van der Waals surface area (Å²) in [6.07, 6.45) is -3.41. The zero-order valence-corrected chi connectivity index (χ0v) is 9.88. The van der Waals surface area contributed by atoms with Gasteiger partial charge in [-0.1, -0.05) is 12.1 Å². The topological polar surface area (TPSA) is 66.8 Å². The van der Waals surface area contributed by atoms with Crippen molar-refractivity contribution in [1.29, 1.82) is 0 Å². The quantitative estimate of drug-likeness (QED) is 0.814. The molecule has 1 aliphatic carbocycles. The van der Waals surface area contributed by atoms with Crippen molar-refractivity contribution in [3.05, 3.63) is 36.0 Å². The highest BCUT2D eigenvalue weighted by Crippen LogP contribution is 2.36. The van der Waals surface area contributed by atoms with Gasteiger partial charge in [-0.15, -0.1) is 0 Å². The monoisotopic (exact) mass is 266 g/mol. The molecule has 5 unspecified atom stereocenters. The largest absolute Gasteiger partial charge is 0.508 e. The van der Waals surface area contributed by atoms with Crippen molar-refractivity contribution in [3.8, 4) is 5.75 Å². The highest BCUT2D eigenvalue weighted by Gasteiger charge is 2.39. The lowest BCUT2D eigenvalue weighted by Crippen LogP contribution is -2.40. The Labute approximate surface area is 119 Å². The number of phenols is 1. The summed E-state index contributed by atoms with van der Waals surface area (Å²) in [6, 6.07) is -2.47. The van der Waals surface area contributed by atoms with Crippen LogP contribution in [0.1, 0.15) is 33.0 Å². The Morgan fingerprint density at radius 2 is 2.11 bits per heavy atom. The van der Waals surface area contributed by atoms with E-state index >= 15 is 0 Å². The number of hydrogen-bond acceptors (Lipinski definition) is 4. The Bertz CT molecular complexity index is 751. The molecule has 1 heterocycles. The number of Topliss-reactive ketones (excluding diaryl/α,β-unsaturated/α-hetero) is 1. The normalized spacial score (nSPS) is 42.5. The van der Waals surface area contributed by atoms with Crippen molar-refractivity contribution in [1.82, 2.24) is 0 Å². The molecule has 0 radical (unpaired) electrons. The van der Waals surface area contributed by atoms with Gasteiger partial charge in [0.25, 0.3) is 0 Å². The molecule has 0 amide bonds. The first-order valence-corrected chi connectivity index (χ1v) is 5.88. The van der Waals surface area contributed by atoms with Gasteiger partial charge in [-0.05, 0) is 30.5 Å². The molecule has 0 spiro atoms. The number of aliphatic hydroxyl groups is 1. The van der Waals surface area contributed by atoms with E-state index in [1.807, 2.05) is 0 Å². The van der Waals surface area contributed by atoms with Crippen LogP contribution in [0.25, 0.3) is 5.57 Å². The van der Waals surface area contributed by atoms with Gasteiger partial charge in [-0.25, -0.2) is 0 Å².